The molecule has 0 bridgehead atoms. The van der Waals surface area contributed by atoms with Gasteiger partial charge in [-0.25, -0.2) is 4.39 Å². The molecule has 1 heterocycles. The number of rotatable bonds is 2. The topological polar surface area (TPSA) is 29.5 Å². The summed E-state index contributed by atoms with van der Waals surface area (Å²) in [5.74, 6) is -0.225. The maximum absolute atomic E-state index is 13.0. The first kappa shape index (κ1) is 11.6. The van der Waals surface area contributed by atoms with E-state index >= 15 is 0 Å². The molecule has 16 heavy (non-hydrogen) atoms. The van der Waals surface area contributed by atoms with Gasteiger partial charge in [-0.15, -0.1) is 0 Å². The van der Waals surface area contributed by atoms with E-state index in [9.17, 15) is 9.50 Å². The Balaban J connectivity index is 2.08. The van der Waals surface area contributed by atoms with Gasteiger partial charge in [-0.3, -0.25) is 0 Å². The smallest absolute Gasteiger partial charge is 0.123 e. The van der Waals surface area contributed by atoms with E-state index in [2.05, 4.69) is 0 Å². The molecule has 1 fully saturated rings. The van der Waals surface area contributed by atoms with E-state index in [4.69, 9.17) is 4.74 Å². The SMILES string of the molecule is CC1(Cc2cccc(F)c2)CC(O)CCO1. The van der Waals surface area contributed by atoms with Crippen LogP contribution in [0.15, 0.2) is 24.3 Å². The van der Waals surface area contributed by atoms with Crippen molar-refractivity contribution in [1.82, 2.24) is 0 Å². The lowest BCUT2D eigenvalue weighted by Crippen LogP contribution is -2.41. The fraction of sp³-hybridized carbons (Fsp3) is 0.538. The van der Waals surface area contributed by atoms with Gasteiger partial charge in [-0.05, 0) is 31.0 Å². The van der Waals surface area contributed by atoms with Gasteiger partial charge in [0.1, 0.15) is 5.82 Å². The Bertz CT molecular complexity index is 367. The second kappa shape index (κ2) is 4.52. The van der Waals surface area contributed by atoms with Crippen LogP contribution in [0.2, 0.25) is 0 Å². The lowest BCUT2D eigenvalue weighted by Gasteiger charge is -2.36. The molecule has 0 aromatic heterocycles. The van der Waals surface area contributed by atoms with Crippen LogP contribution in [0.3, 0.4) is 0 Å². The van der Waals surface area contributed by atoms with Crippen LogP contribution in [0.4, 0.5) is 4.39 Å². The van der Waals surface area contributed by atoms with Crippen molar-refractivity contribution >= 4 is 0 Å². The molecule has 2 atom stereocenters. The number of hydrogen-bond acceptors (Lipinski definition) is 2. The van der Waals surface area contributed by atoms with Crippen LogP contribution in [0, 0.1) is 5.82 Å². The monoisotopic (exact) mass is 224 g/mol. The molecule has 1 aliphatic rings. The van der Waals surface area contributed by atoms with Crippen molar-refractivity contribution in [3.05, 3.63) is 35.6 Å². The molecule has 2 nitrogen and oxygen atoms in total. The molecule has 0 saturated carbocycles. The molecule has 0 radical (unpaired) electrons. The molecule has 2 rings (SSSR count). The summed E-state index contributed by atoms with van der Waals surface area (Å²) in [5, 5.41) is 9.62. The first-order valence-corrected chi connectivity index (χ1v) is 5.64. The van der Waals surface area contributed by atoms with Crippen LogP contribution in [-0.2, 0) is 11.2 Å². The quantitative estimate of drug-likeness (QED) is 0.835. The summed E-state index contributed by atoms with van der Waals surface area (Å²) < 4.78 is 18.7. The van der Waals surface area contributed by atoms with Crippen molar-refractivity contribution in [2.75, 3.05) is 6.61 Å². The summed E-state index contributed by atoms with van der Waals surface area (Å²) in [4.78, 5) is 0. The Morgan fingerprint density at radius 1 is 1.56 bits per heavy atom. The van der Waals surface area contributed by atoms with Gasteiger partial charge in [0, 0.05) is 19.4 Å². The Hall–Kier alpha value is -0.930. The summed E-state index contributed by atoms with van der Waals surface area (Å²) in [7, 11) is 0. The van der Waals surface area contributed by atoms with E-state index < -0.39 is 0 Å². The van der Waals surface area contributed by atoms with Crippen molar-refractivity contribution in [3.63, 3.8) is 0 Å². The molecule has 0 amide bonds. The molecule has 0 aliphatic carbocycles. The summed E-state index contributed by atoms with van der Waals surface area (Å²) in [6.45, 7) is 2.55. The highest BCUT2D eigenvalue weighted by molar-refractivity contribution is 5.18. The number of aliphatic hydroxyl groups is 1. The largest absolute Gasteiger partial charge is 0.393 e. The number of hydrogen-bond donors (Lipinski definition) is 1. The van der Waals surface area contributed by atoms with Crippen molar-refractivity contribution < 1.29 is 14.2 Å². The Labute approximate surface area is 95.1 Å². The van der Waals surface area contributed by atoms with Gasteiger partial charge >= 0.3 is 0 Å². The molecular formula is C13H17FO2. The summed E-state index contributed by atoms with van der Waals surface area (Å²) in [6, 6.07) is 6.55. The van der Waals surface area contributed by atoms with E-state index in [0.717, 1.165) is 5.56 Å². The molecule has 1 aromatic rings. The molecule has 1 N–H and O–H groups in total. The van der Waals surface area contributed by atoms with Crippen LogP contribution in [-0.4, -0.2) is 23.4 Å². The van der Waals surface area contributed by atoms with Gasteiger partial charge in [0.2, 0.25) is 0 Å². The zero-order chi connectivity index (χ0) is 11.6. The second-order valence-corrected chi connectivity index (χ2v) is 4.75. The molecule has 2 unspecified atom stereocenters. The average molecular weight is 224 g/mol. The van der Waals surface area contributed by atoms with Crippen LogP contribution in [0.1, 0.15) is 25.3 Å². The molecule has 1 aliphatic heterocycles. The van der Waals surface area contributed by atoms with Crippen molar-refractivity contribution in [2.45, 2.75) is 37.9 Å². The lowest BCUT2D eigenvalue weighted by atomic mass is 9.88. The average Bonchev–Trinajstić information content (AvgIpc) is 2.16. The number of aliphatic hydroxyl groups excluding tert-OH is 1. The van der Waals surface area contributed by atoms with Gasteiger partial charge < -0.3 is 9.84 Å². The summed E-state index contributed by atoms with van der Waals surface area (Å²) in [6.07, 6.45) is 1.65. The third kappa shape index (κ3) is 2.80. The minimum absolute atomic E-state index is 0.225. The third-order valence-electron chi connectivity index (χ3n) is 3.04. The maximum Gasteiger partial charge on any atom is 0.123 e. The summed E-state index contributed by atoms with van der Waals surface area (Å²) >= 11 is 0. The van der Waals surface area contributed by atoms with Gasteiger partial charge in [0.25, 0.3) is 0 Å². The molecule has 1 aromatic carbocycles. The van der Waals surface area contributed by atoms with Gasteiger partial charge in [0.05, 0.1) is 11.7 Å². The fourth-order valence-corrected chi connectivity index (χ4v) is 2.30. The van der Waals surface area contributed by atoms with E-state index in [0.29, 0.717) is 25.9 Å². The first-order chi connectivity index (χ1) is 7.57. The van der Waals surface area contributed by atoms with Crippen LogP contribution in [0.5, 0.6) is 0 Å². The highest BCUT2D eigenvalue weighted by Crippen LogP contribution is 2.28. The minimum Gasteiger partial charge on any atom is -0.393 e. The predicted molar refractivity (Wildman–Crippen MR) is 59.7 cm³/mol. The number of ether oxygens (including phenoxy) is 1. The van der Waals surface area contributed by atoms with Crippen molar-refractivity contribution in [2.24, 2.45) is 0 Å². The Morgan fingerprint density at radius 3 is 3.06 bits per heavy atom. The molecule has 88 valence electrons. The number of halogens is 1. The Morgan fingerprint density at radius 2 is 2.38 bits per heavy atom. The van der Waals surface area contributed by atoms with E-state index in [1.807, 2.05) is 13.0 Å². The second-order valence-electron chi connectivity index (χ2n) is 4.75. The molecule has 3 heteroatoms. The van der Waals surface area contributed by atoms with Crippen molar-refractivity contribution in [1.29, 1.82) is 0 Å². The third-order valence-corrected chi connectivity index (χ3v) is 3.04. The van der Waals surface area contributed by atoms with Gasteiger partial charge in [-0.2, -0.15) is 0 Å². The van der Waals surface area contributed by atoms with Gasteiger partial charge in [0.15, 0.2) is 0 Å². The van der Waals surface area contributed by atoms with Crippen LogP contribution < -0.4 is 0 Å². The first-order valence-electron chi connectivity index (χ1n) is 5.64. The standard InChI is InChI=1S/C13H17FO2/c1-13(9-12(15)5-6-16-13)8-10-3-2-4-11(14)7-10/h2-4,7,12,15H,5-6,8-9H2,1H3. The normalized spacial score (nSPS) is 30.3. The maximum atomic E-state index is 13.0. The zero-order valence-electron chi connectivity index (χ0n) is 9.45. The minimum atomic E-state index is -0.370. The van der Waals surface area contributed by atoms with E-state index in [1.54, 1.807) is 6.07 Å². The number of benzene rings is 1. The molecule has 1 saturated heterocycles. The fourth-order valence-electron chi connectivity index (χ4n) is 2.30. The highest BCUT2D eigenvalue weighted by atomic mass is 19.1. The zero-order valence-corrected chi connectivity index (χ0v) is 9.45. The molecular weight excluding hydrogens is 207 g/mol. The molecule has 0 spiro atoms. The highest BCUT2D eigenvalue weighted by Gasteiger charge is 2.32. The summed E-state index contributed by atoms with van der Waals surface area (Å²) in [5.41, 5.74) is 0.544. The Kier molecular flexibility index (Phi) is 3.26. The predicted octanol–water partition coefficient (Wildman–Crippen LogP) is 2.30. The van der Waals surface area contributed by atoms with E-state index in [1.165, 1.54) is 12.1 Å². The van der Waals surface area contributed by atoms with Gasteiger partial charge in [-0.1, -0.05) is 12.1 Å². The van der Waals surface area contributed by atoms with Crippen molar-refractivity contribution in [3.8, 4) is 0 Å². The van der Waals surface area contributed by atoms with Crippen LogP contribution >= 0.6 is 0 Å². The van der Waals surface area contributed by atoms with E-state index in [-0.39, 0.29) is 17.5 Å². The lowest BCUT2D eigenvalue weighted by molar-refractivity contribution is -0.106. The van der Waals surface area contributed by atoms with Crippen LogP contribution in [0.25, 0.3) is 0 Å².